The maximum Gasteiger partial charge on any atom is 0.0450 e. The van der Waals surface area contributed by atoms with Crippen LogP contribution in [0.4, 0.5) is 11.4 Å². The monoisotopic (exact) mass is 337 g/mol. The van der Waals surface area contributed by atoms with E-state index < -0.39 is 0 Å². The molecule has 1 heterocycles. The highest BCUT2D eigenvalue weighted by Crippen LogP contribution is 2.52. The van der Waals surface area contributed by atoms with Gasteiger partial charge in [0.05, 0.1) is 0 Å². The van der Waals surface area contributed by atoms with Crippen LogP contribution in [0.25, 0.3) is 12.2 Å². The van der Waals surface area contributed by atoms with Crippen molar-refractivity contribution in [3.05, 3.63) is 95.6 Å². The maximum absolute atomic E-state index is 2.58. The summed E-state index contributed by atoms with van der Waals surface area (Å²) >= 11 is 0. The number of hydrogen-bond acceptors (Lipinski definition) is 1. The average Bonchev–Trinajstić information content (AvgIpc) is 3.28. The van der Waals surface area contributed by atoms with Crippen molar-refractivity contribution >= 4 is 23.5 Å². The molecule has 1 fully saturated rings. The lowest BCUT2D eigenvalue weighted by molar-refractivity contribution is 0.642. The van der Waals surface area contributed by atoms with Crippen LogP contribution >= 0.6 is 0 Å². The largest absolute Gasteiger partial charge is 0.338 e. The second-order valence-electron chi connectivity index (χ2n) is 7.37. The van der Waals surface area contributed by atoms with Crippen LogP contribution in [0.2, 0.25) is 0 Å². The summed E-state index contributed by atoms with van der Waals surface area (Å²) in [6, 6.07) is 29.0. The van der Waals surface area contributed by atoms with Crippen LogP contribution < -0.4 is 4.90 Å². The Morgan fingerprint density at radius 1 is 0.731 bits per heavy atom. The summed E-state index contributed by atoms with van der Waals surface area (Å²) in [6.45, 7) is 0. The van der Waals surface area contributed by atoms with Crippen molar-refractivity contribution in [1.29, 1.82) is 0 Å². The number of nitrogens with zero attached hydrogens (tertiary/aromatic N) is 1. The molecule has 3 aromatic carbocycles. The van der Waals surface area contributed by atoms with Gasteiger partial charge < -0.3 is 4.90 Å². The Morgan fingerprint density at radius 3 is 2.27 bits per heavy atom. The Kier molecular flexibility index (Phi) is 3.86. The van der Waals surface area contributed by atoms with Crippen LogP contribution in [0, 0.1) is 0 Å². The van der Waals surface area contributed by atoms with Crippen molar-refractivity contribution in [3.8, 4) is 0 Å². The van der Waals surface area contributed by atoms with Gasteiger partial charge in [-0.3, -0.25) is 0 Å². The van der Waals surface area contributed by atoms with E-state index in [-0.39, 0.29) is 0 Å². The van der Waals surface area contributed by atoms with Gasteiger partial charge in [-0.25, -0.2) is 0 Å². The third-order valence-corrected chi connectivity index (χ3v) is 5.82. The molecule has 26 heavy (non-hydrogen) atoms. The van der Waals surface area contributed by atoms with E-state index in [2.05, 4.69) is 95.9 Å². The molecule has 0 spiro atoms. The van der Waals surface area contributed by atoms with Crippen molar-refractivity contribution in [3.63, 3.8) is 0 Å². The Labute approximate surface area is 155 Å². The van der Waals surface area contributed by atoms with Gasteiger partial charge in [-0.1, -0.05) is 73.2 Å². The van der Waals surface area contributed by atoms with Gasteiger partial charge in [0.2, 0.25) is 0 Å². The summed E-state index contributed by atoms with van der Waals surface area (Å²) in [6.07, 6.45) is 8.39. The number of para-hydroxylation sites is 1. The highest BCUT2D eigenvalue weighted by molar-refractivity contribution is 5.77. The second kappa shape index (κ2) is 6.49. The van der Waals surface area contributed by atoms with E-state index in [1.54, 1.807) is 0 Å². The molecular weight excluding hydrogens is 314 g/mol. The molecule has 0 radical (unpaired) electrons. The van der Waals surface area contributed by atoms with Crippen molar-refractivity contribution < 1.29 is 0 Å². The summed E-state index contributed by atoms with van der Waals surface area (Å²) in [5.74, 6) is 0.676. The molecule has 2 aliphatic rings. The molecule has 0 saturated heterocycles. The van der Waals surface area contributed by atoms with Gasteiger partial charge in [0, 0.05) is 23.3 Å². The predicted molar refractivity (Wildman–Crippen MR) is 111 cm³/mol. The molecule has 2 unspecified atom stereocenters. The van der Waals surface area contributed by atoms with Gasteiger partial charge >= 0.3 is 0 Å². The topological polar surface area (TPSA) is 3.24 Å². The predicted octanol–water partition coefficient (Wildman–Crippen LogP) is 6.64. The first-order valence-corrected chi connectivity index (χ1v) is 9.61. The lowest BCUT2D eigenvalue weighted by atomic mass is 9.96. The molecule has 0 aromatic heterocycles. The normalized spacial score (nSPS) is 21.2. The smallest absolute Gasteiger partial charge is 0.0450 e. The Bertz CT molecular complexity index is 927. The number of hydrogen-bond donors (Lipinski definition) is 0. The zero-order valence-corrected chi connectivity index (χ0v) is 14.9. The van der Waals surface area contributed by atoms with E-state index >= 15 is 0 Å². The van der Waals surface area contributed by atoms with E-state index in [1.165, 1.54) is 47.3 Å². The molecule has 1 saturated carbocycles. The minimum absolute atomic E-state index is 0.626. The summed E-state index contributed by atoms with van der Waals surface area (Å²) in [5.41, 5.74) is 6.82. The Balaban J connectivity index is 1.52. The molecule has 0 amide bonds. The lowest BCUT2D eigenvalue weighted by Gasteiger charge is -2.27. The van der Waals surface area contributed by atoms with Crippen molar-refractivity contribution in [2.75, 3.05) is 4.90 Å². The highest BCUT2D eigenvalue weighted by Gasteiger charge is 2.41. The van der Waals surface area contributed by atoms with Crippen molar-refractivity contribution in [1.82, 2.24) is 0 Å². The van der Waals surface area contributed by atoms with Crippen LogP contribution in [0.5, 0.6) is 0 Å². The van der Waals surface area contributed by atoms with Crippen LogP contribution in [0.3, 0.4) is 0 Å². The molecule has 3 aromatic rings. The standard InChI is InChI=1S/C25H23N/c1-3-8-19(9-4-1)14-15-20-16-17-25-23(18-20)22-12-7-13-24(22)26(25)21-10-5-2-6-11-21/h1-6,8-11,14-18,22,24H,7,12-13H2. The van der Waals surface area contributed by atoms with E-state index in [1.807, 2.05) is 0 Å². The van der Waals surface area contributed by atoms with Crippen LogP contribution in [-0.2, 0) is 0 Å². The molecule has 2 atom stereocenters. The van der Waals surface area contributed by atoms with E-state index in [4.69, 9.17) is 0 Å². The first kappa shape index (κ1) is 15.5. The zero-order chi connectivity index (χ0) is 17.3. The summed E-state index contributed by atoms with van der Waals surface area (Å²) in [4.78, 5) is 2.58. The Hall–Kier alpha value is -2.80. The van der Waals surface area contributed by atoms with Crippen LogP contribution in [0.15, 0.2) is 78.9 Å². The molecule has 1 nitrogen and oxygen atoms in total. The Morgan fingerprint density at radius 2 is 1.46 bits per heavy atom. The lowest BCUT2D eigenvalue weighted by Crippen LogP contribution is -2.26. The summed E-state index contributed by atoms with van der Waals surface area (Å²) < 4.78 is 0. The average molecular weight is 337 g/mol. The number of rotatable bonds is 3. The molecule has 1 aliphatic heterocycles. The fourth-order valence-electron chi connectivity index (χ4n) is 4.66. The summed E-state index contributed by atoms with van der Waals surface area (Å²) in [7, 11) is 0. The third kappa shape index (κ3) is 2.64. The fourth-order valence-corrected chi connectivity index (χ4v) is 4.66. The molecule has 1 heteroatoms. The quantitative estimate of drug-likeness (QED) is 0.484. The second-order valence-corrected chi connectivity index (χ2v) is 7.37. The number of benzene rings is 3. The van der Waals surface area contributed by atoms with Gasteiger partial charge in [-0.15, -0.1) is 0 Å². The van der Waals surface area contributed by atoms with Gasteiger partial charge in [-0.05, 0) is 53.8 Å². The van der Waals surface area contributed by atoms with Crippen LogP contribution in [-0.4, -0.2) is 6.04 Å². The van der Waals surface area contributed by atoms with Crippen molar-refractivity contribution in [2.24, 2.45) is 0 Å². The molecule has 0 N–H and O–H groups in total. The molecule has 0 bridgehead atoms. The highest BCUT2D eigenvalue weighted by atomic mass is 15.2. The van der Waals surface area contributed by atoms with Gasteiger partial charge in [0.1, 0.15) is 0 Å². The third-order valence-electron chi connectivity index (χ3n) is 5.82. The molecule has 1 aliphatic carbocycles. The van der Waals surface area contributed by atoms with E-state index in [0.717, 1.165) is 0 Å². The number of anilines is 2. The minimum Gasteiger partial charge on any atom is -0.338 e. The number of fused-ring (bicyclic) bond motifs is 3. The fraction of sp³-hybridized carbons (Fsp3) is 0.200. The summed E-state index contributed by atoms with van der Waals surface area (Å²) in [5, 5.41) is 0. The molecular formula is C25H23N. The first-order chi connectivity index (χ1) is 12.9. The van der Waals surface area contributed by atoms with Gasteiger partial charge in [0.15, 0.2) is 0 Å². The maximum atomic E-state index is 2.58. The SMILES string of the molecule is C(=Cc1ccc2c(c1)C1CCCC1N2c1ccccc1)c1ccccc1. The van der Waals surface area contributed by atoms with Crippen molar-refractivity contribution in [2.45, 2.75) is 31.2 Å². The minimum atomic E-state index is 0.626. The van der Waals surface area contributed by atoms with Crippen LogP contribution in [0.1, 0.15) is 41.9 Å². The zero-order valence-electron chi connectivity index (χ0n) is 14.9. The van der Waals surface area contributed by atoms with Gasteiger partial charge in [-0.2, -0.15) is 0 Å². The van der Waals surface area contributed by atoms with E-state index in [9.17, 15) is 0 Å². The first-order valence-electron chi connectivity index (χ1n) is 9.61. The molecule has 128 valence electrons. The molecule has 5 rings (SSSR count). The van der Waals surface area contributed by atoms with E-state index in [0.29, 0.717) is 12.0 Å². The van der Waals surface area contributed by atoms with Gasteiger partial charge in [0.25, 0.3) is 0 Å².